The van der Waals surface area contributed by atoms with Gasteiger partial charge in [-0.25, -0.2) is 0 Å². The molecule has 0 aliphatic heterocycles. The Labute approximate surface area is 213 Å². The average Bonchev–Trinajstić information content (AvgIpc) is 3.24. The molecule has 0 spiro atoms. The minimum absolute atomic E-state index is 0.422. The van der Waals surface area contributed by atoms with Crippen LogP contribution in [0.5, 0.6) is 5.75 Å². The Hall–Kier alpha value is -3.62. The van der Waals surface area contributed by atoms with Gasteiger partial charge in [0.2, 0.25) is 0 Å². The second-order valence-corrected chi connectivity index (χ2v) is 10.3. The lowest BCUT2D eigenvalue weighted by atomic mass is 9.84. The Kier molecular flexibility index (Phi) is 7.17. The molecule has 4 aromatic carbocycles. The summed E-state index contributed by atoms with van der Waals surface area (Å²) < 4.78 is 57.5. The number of alkyl halides is 3. The topological polar surface area (TPSA) is 74.6 Å². The number of aromatic hydroxyl groups is 1. The summed E-state index contributed by atoms with van der Waals surface area (Å²) in [5.41, 5.74) is 6.40. The number of phenolic OH excluding ortho intramolecular Hbond substituents is 1. The summed E-state index contributed by atoms with van der Waals surface area (Å²) in [5, 5.41) is 11.6. The van der Waals surface area contributed by atoms with Gasteiger partial charge >= 0.3 is 15.6 Å². The van der Waals surface area contributed by atoms with Crippen LogP contribution in [0, 0.1) is 13.8 Å². The van der Waals surface area contributed by atoms with Crippen molar-refractivity contribution in [2.75, 3.05) is 0 Å². The van der Waals surface area contributed by atoms with Crippen LogP contribution < -0.4 is 0 Å². The molecule has 0 amide bonds. The highest BCUT2D eigenvalue weighted by Gasteiger charge is 2.44. The fourth-order valence-corrected chi connectivity index (χ4v) is 4.72. The molecule has 0 fully saturated rings. The van der Waals surface area contributed by atoms with E-state index in [1.165, 1.54) is 38.9 Å². The van der Waals surface area contributed by atoms with Gasteiger partial charge in [-0.3, -0.25) is 4.55 Å². The Morgan fingerprint density at radius 1 is 0.838 bits per heavy atom. The molecule has 0 saturated heterocycles. The predicted octanol–water partition coefficient (Wildman–Crippen LogP) is 7.23. The Morgan fingerprint density at radius 3 is 2.03 bits per heavy atom. The molecule has 2 N–H and O–H groups in total. The van der Waals surface area contributed by atoms with Gasteiger partial charge in [0.1, 0.15) is 5.75 Å². The summed E-state index contributed by atoms with van der Waals surface area (Å²) in [6.07, 6.45) is 1.71. The van der Waals surface area contributed by atoms with E-state index in [0.29, 0.717) is 5.75 Å². The van der Waals surface area contributed by atoms with Gasteiger partial charge in [-0.15, -0.1) is 0 Å². The molecule has 0 radical (unpaired) electrons. The first-order valence-corrected chi connectivity index (χ1v) is 12.9. The zero-order chi connectivity index (χ0) is 27.0. The molecular formula is C29H25F3O4S. The van der Waals surface area contributed by atoms with Crippen molar-refractivity contribution in [3.63, 3.8) is 0 Å². The summed E-state index contributed by atoms with van der Waals surface area (Å²) in [6.45, 7) is 4.39. The lowest BCUT2D eigenvalue weighted by Gasteiger charge is -2.21. The molecule has 1 aliphatic rings. The molecule has 8 heteroatoms. The second-order valence-electron chi connectivity index (χ2n) is 8.90. The van der Waals surface area contributed by atoms with E-state index in [0.717, 1.165) is 29.5 Å². The van der Waals surface area contributed by atoms with E-state index in [4.69, 9.17) is 13.0 Å². The van der Waals surface area contributed by atoms with Crippen LogP contribution in [0.25, 0.3) is 22.3 Å². The van der Waals surface area contributed by atoms with Crippen molar-refractivity contribution < 1.29 is 31.2 Å². The van der Waals surface area contributed by atoms with Crippen molar-refractivity contribution in [1.29, 1.82) is 0 Å². The fourth-order valence-electron chi connectivity index (χ4n) is 4.72. The molecule has 0 atom stereocenters. The van der Waals surface area contributed by atoms with Gasteiger partial charge in [0.25, 0.3) is 0 Å². The average molecular weight is 527 g/mol. The highest BCUT2D eigenvalue weighted by molar-refractivity contribution is 7.86. The molecule has 5 rings (SSSR count). The monoisotopic (exact) mass is 526 g/mol. The van der Waals surface area contributed by atoms with Crippen LogP contribution >= 0.6 is 0 Å². The Balaban J connectivity index is 0.000000349. The number of hydrogen-bond acceptors (Lipinski definition) is 3. The first-order chi connectivity index (χ1) is 17.4. The van der Waals surface area contributed by atoms with Gasteiger partial charge in [0.05, 0.1) is 0 Å². The van der Waals surface area contributed by atoms with Crippen LogP contribution in [0.4, 0.5) is 13.2 Å². The first kappa shape index (κ1) is 26.4. The van der Waals surface area contributed by atoms with Crippen LogP contribution in [0.1, 0.15) is 33.4 Å². The van der Waals surface area contributed by atoms with Crippen LogP contribution in [-0.2, 0) is 23.0 Å². The predicted molar refractivity (Wildman–Crippen MR) is 138 cm³/mol. The van der Waals surface area contributed by atoms with Gasteiger partial charge in [-0.05, 0) is 71.2 Å². The highest BCUT2D eigenvalue weighted by Crippen LogP contribution is 2.50. The van der Waals surface area contributed by atoms with Gasteiger partial charge in [-0.2, -0.15) is 21.6 Å². The van der Waals surface area contributed by atoms with Crippen LogP contribution in [0.3, 0.4) is 0 Å². The van der Waals surface area contributed by atoms with Gasteiger partial charge in [0, 0.05) is 11.1 Å². The maximum absolute atomic E-state index is 11.6. The largest absolute Gasteiger partial charge is 0.522 e. The molecule has 0 bridgehead atoms. The molecule has 0 unspecified atom stereocenters. The lowest BCUT2D eigenvalue weighted by Crippen LogP contribution is -2.21. The van der Waals surface area contributed by atoms with Crippen molar-refractivity contribution in [3.8, 4) is 28.0 Å². The summed E-state index contributed by atoms with van der Waals surface area (Å²) >= 11 is 0. The van der Waals surface area contributed by atoms with E-state index >= 15 is 0 Å². The molecule has 4 aromatic rings. The van der Waals surface area contributed by atoms with Crippen molar-refractivity contribution in [2.45, 2.75) is 32.2 Å². The number of rotatable bonds is 3. The van der Waals surface area contributed by atoms with Crippen molar-refractivity contribution in [1.82, 2.24) is 0 Å². The van der Waals surface area contributed by atoms with Crippen molar-refractivity contribution in [2.24, 2.45) is 0 Å². The Morgan fingerprint density at radius 2 is 1.41 bits per heavy atom. The summed E-state index contributed by atoms with van der Waals surface area (Å²) in [6, 6.07) is 27.3. The number of aryl methyl sites for hydroxylation is 1. The maximum Gasteiger partial charge on any atom is 0.522 e. The summed E-state index contributed by atoms with van der Waals surface area (Å²) in [4.78, 5) is 0. The third kappa shape index (κ3) is 5.26. The number of hydrogen-bond donors (Lipinski definition) is 2. The van der Waals surface area contributed by atoms with Crippen molar-refractivity contribution in [3.05, 3.63) is 112 Å². The third-order valence-corrected chi connectivity index (χ3v) is 7.20. The van der Waals surface area contributed by atoms with Gasteiger partial charge < -0.3 is 5.11 Å². The number of halogens is 3. The smallest absolute Gasteiger partial charge is 0.507 e. The molecule has 0 aromatic heterocycles. The van der Waals surface area contributed by atoms with Crippen molar-refractivity contribution >= 4 is 10.1 Å². The number of benzene rings is 4. The van der Waals surface area contributed by atoms with Crippen LogP contribution in [0.2, 0.25) is 0 Å². The van der Waals surface area contributed by atoms with Gasteiger partial charge in [0.15, 0.2) is 0 Å². The highest BCUT2D eigenvalue weighted by atomic mass is 32.2. The van der Waals surface area contributed by atoms with Crippen LogP contribution in [0.15, 0.2) is 78.9 Å². The molecule has 4 nitrogen and oxygen atoms in total. The van der Waals surface area contributed by atoms with E-state index in [1.54, 1.807) is 0 Å². The SMILES string of the molecule is Cc1ccccc1Cc1c(C)c2c(c(O)c1-c1ccccc1)-c1ccccc1C2.O=S(=O)(O)C(F)(F)F. The lowest BCUT2D eigenvalue weighted by molar-refractivity contribution is -0.0510. The fraction of sp³-hybridized carbons (Fsp3) is 0.172. The standard InChI is InChI=1S/C28H24O.CHF3O3S/c1-18-10-6-7-13-21(18)16-24-19(2)25-17-22-14-8-9-15-23(22)27(25)28(29)26(24)20-11-4-3-5-12-20;2-1(3,4)8(5,6)7/h3-15,29H,16-17H2,1-2H3;(H,5,6,7). The molecule has 1 aliphatic carbocycles. The molecular weight excluding hydrogens is 501 g/mol. The molecule has 37 heavy (non-hydrogen) atoms. The zero-order valence-electron chi connectivity index (χ0n) is 20.2. The van der Waals surface area contributed by atoms with Crippen LogP contribution in [-0.4, -0.2) is 23.6 Å². The third-order valence-electron chi connectivity index (χ3n) is 6.62. The minimum Gasteiger partial charge on any atom is -0.507 e. The second kappa shape index (κ2) is 10.0. The Bertz CT molecular complexity index is 1560. The number of phenols is 1. The van der Waals surface area contributed by atoms with Gasteiger partial charge in [-0.1, -0.05) is 78.9 Å². The quantitative estimate of drug-likeness (QED) is 0.192. The van der Waals surface area contributed by atoms with E-state index in [9.17, 15) is 18.3 Å². The normalized spacial score (nSPS) is 12.4. The first-order valence-electron chi connectivity index (χ1n) is 11.5. The molecule has 192 valence electrons. The molecule has 0 saturated carbocycles. The minimum atomic E-state index is -5.84. The summed E-state index contributed by atoms with van der Waals surface area (Å²) in [5.74, 6) is 0.422. The summed E-state index contributed by atoms with van der Waals surface area (Å²) in [7, 11) is -5.84. The maximum atomic E-state index is 11.6. The molecule has 0 heterocycles. The van der Waals surface area contributed by atoms with E-state index in [1.807, 2.05) is 18.2 Å². The van der Waals surface area contributed by atoms with E-state index in [-0.39, 0.29) is 0 Å². The number of fused-ring (bicyclic) bond motifs is 3. The van der Waals surface area contributed by atoms with E-state index in [2.05, 4.69) is 74.5 Å². The zero-order valence-corrected chi connectivity index (χ0v) is 21.0. The van der Waals surface area contributed by atoms with E-state index < -0.39 is 15.6 Å².